The predicted molar refractivity (Wildman–Crippen MR) is 62.2 cm³/mol. The van der Waals surface area contributed by atoms with Crippen molar-refractivity contribution in [3.63, 3.8) is 0 Å². The van der Waals surface area contributed by atoms with Crippen molar-refractivity contribution in [2.24, 2.45) is 11.7 Å². The summed E-state index contributed by atoms with van der Waals surface area (Å²) in [6.45, 7) is 0.912. The molecule has 0 bridgehead atoms. The number of nitrogens with zero attached hydrogens (tertiary/aromatic N) is 1. The van der Waals surface area contributed by atoms with Crippen LogP contribution in [0.25, 0.3) is 0 Å². The minimum Gasteiger partial charge on any atom is -0.461 e. The zero-order valence-electron chi connectivity index (χ0n) is 9.15. The van der Waals surface area contributed by atoms with Crippen LogP contribution in [0.1, 0.15) is 41.2 Å². The largest absolute Gasteiger partial charge is 0.461 e. The third-order valence-electron chi connectivity index (χ3n) is 2.86. The average molecular weight is 240 g/mol. The summed E-state index contributed by atoms with van der Waals surface area (Å²) in [6.07, 6.45) is 4.88. The molecule has 2 rings (SSSR count). The molecule has 4 nitrogen and oxygen atoms in total. The molecule has 16 heavy (non-hydrogen) atoms. The highest BCUT2D eigenvalue weighted by Gasteiger charge is 2.18. The van der Waals surface area contributed by atoms with Crippen LogP contribution in [0.5, 0.6) is 0 Å². The Morgan fingerprint density at radius 2 is 2.31 bits per heavy atom. The van der Waals surface area contributed by atoms with Gasteiger partial charge in [-0.25, -0.2) is 9.78 Å². The second kappa shape index (κ2) is 5.41. The molecule has 5 heteroatoms. The first-order valence-electron chi connectivity index (χ1n) is 5.61. The monoisotopic (exact) mass is 240 g/mol. The summed E-state index contributed by atoms with van der Waals surface area (Å²) in [7, 11) is 0. The number of rotatable bonds is 4. The Morgan fingerprint density at radius 3 is 2.94 bits per heavy atom. The molecule has 1 heterocycles. The maximum Gasteiger partial charge on any atom is 0.357 e. The zero-order chi connectivity index (χ0) is 11.4. The molecular weight excluding hydrogens is 224 g/mol. The Morgan fingerprint density at radius 1 is 1.56 bits per heavy atom. The maximum absolute atomic E-state index is 11.6. The molecule has 0 aromatic carbocycles. The lowest BCUT2D eigenvalue weighted by molar-refractivity contribution is 0.0436. The summed E-state index contributed by atoms with van der Waals surface area (Å²) in [6, 6.07) is 0. The van der Waals surface area contributed by atoms with Gasteiger partial charge in [0.05, 0.1) is 6.61 Å². The fraction of sp³-hybridized carbons (Fsp3) is 0.636. The predicted octanol–water partition coefficient (Wildman–Crippen LogP) is 1.95. The minimum atomic E-state index is -0.317. The Kier molecular flexibility index (Phi) is 3.90. The van der Waals surface area contributed by atoms with E-state index < -0.39 is 0 Å². The summed E-state index contributed by atoms with van der Waals surface area (Å²) in [5, 5.41) is 2.48. The van der Waals surface area contributed by atoms with Crippen molar-refractivity contribution in [3.05, 3.63) is 16.1 Å². The first kappa shape index (κ1) is 11.5. The molecule has 0 atom stereocenters. The third-order valence-corrected chi connectivity index (χ3v) is 3.73. The van der Waals surface area contributed by atoms with Crippen LogP contribution in [-0.2, 0) is 11.3 Å². The SMILES string of the molecule is NCc1nc(C(=O)OCC2CCCC2)cs1. The number of carbonyl (C=O) groups excluding carboxylic acids is 1. The van der Waals surface area contributed by atoms with Gasteiger partial charge in [-0.2, -0.15) is 0 Å². The van der Waals surface area contributed by atoms with Crippen LogP contribution in [0.4, 0.5) is 0 Å². The number of hydrogen-bond acceptors (Lipinski definition) is 5. The molecule has 2 N–H and O–H groups in total. The zero-order valence-corrected chi connectivity index (χ0v) is 9.96. The molecule has 1 aliphatic carbocycles. The van der Waals surface area contributed by atoms with Crippen molar-refractivity contribution in [2.45, 2.75) is 32.2 Å². The summed E-state index contributed by atoms with van der Waals surface area (Å²) >= 11 is 1.40. The first-order chi connectivity index (χ1) is 7.79. The van der Waals surface area contributed by atoms with Crippen molar-refractivity contribution in [1.82, 2.24) is 4.98 Å². The van der Waals surface area contributed by atoms with Crippen LogP contribution in [0.3, 0.4) is 0 Å². The second-order valence-corrected chi connectivity index (χ2v) is 5.02. The molecule has 0 unspecified atom stereocenters. The van der Waals surface area contributed by atoms with E-state index in [2.05, 4.69) is 4.98 Å². The van der Waals surface area contributed by atoms with Crippen molar-refractivity contribution in [3.8, 4) is 0 Å². The highest BCUT2D eigenvalue weighted by molar-refractivity contribution is 7.09. The standard InChI is InChI=1S/C11H16N2O2S/c12-5-10-13-9(7-16-10)11(14)15-6-8-3-1-2-4-8/h7-8H,1-6,12H2. The number of nitrogens with two attached hydrogens (primary N) is 1. The summed E-state index contributed by atoms with van der Waals surface area (Å²) in [4.78, 5) is 15.7. The lowest BCUT2D eigenvalue weighted by Crippen LogP contribution is -2.12. The van der Waals surface area contributed by atoms with Gasteiger partial charge in [0.25, 0.3) is 0 Å². The van der Waals surface area contributed by atoms with Crippen LogP contribution in [0, 0.1) is 5.92 Å². The normalized spacial score (nSPS) is 16.6. The average Bonchev–Trinajstić information content (AvgIpc) is 2.96. The van der Waals surface area contributed by atoms with Gasteiger partial charge in [0.15, 0.2) is 5.69 Å². The molecule has 0 aliphatic heterocycles. The van der Waals surface area contributed by atoms with Gasteiger partial charge >= 0.3 is 5.97 Å². The number of esters is 1. The molecule has 1 fully saturated rings. The molecule has 0 spiro atoms. The molecule has 0 radical (unpaired) electrons. The van der Waals surface area contributed by atoms with E-state index in [0.717, 1.165) is 5.01 Å². The van der Waals surface area contributed by atoms with Crippen molar-refractivity contribution in [1.29, 1.82) is 0 Å². The fourth-order valence-electron chi connectivity index (χ4n) is 1.94. The van der Waals surface area contributed by atoms with E-state index >= 15 is 0 Å². The van der Waals surface area contributed by atoms with Gasteiger partial charge in [0.2, 0.25) is 0 Å². The Bertz CT molecular complexity index is 359. The first-order valence-corrected chi connectivity index (χ1v) is 6.49. The number of thiazole rings is 1. The number of ether oxygens (including phenoxy) is 1. The fourth-order valence-corrected chi connectivity index (χ4v) is 2.59. The smallest absolute Gasteiger partial charge is 0.357 e. The second-order valence-electron chi connectivity index (χ2n) is 4.08. The Hall–Kier alpha value is -0.940. The molecule has 1 aliphatic rings. The molecule has 0 amide bonds. The highest BCUT2D eigenvalue weighted by Crippen LogP contribution is 2.25. The van der Waals surface area contributed by atoms with Gasteiger partial charge in [0.1, 0.15) is 5.01 Å². The van der Waals surface area contributed by atoms with E-state index in [0.29, 0.717) is 24.8 Å². The molecule has 1 aromatic rings. The van der Waals surface area contributed by atoms with Gasteiger partial charge in [-0.3, -0.25) is 0 Å². The lowest BCUT2D eigenvalue weighted by atomic mass is 10.1. The summed E-state index contributed by atoms with van der Waals surface area (Å²) in [5.74, 6) is 0.236. The van der Waals surface area contributed by atoms with Gasteiger partial charge in [0, 0.05) is 11.9 Å². The van der Waals surface area contributed by atoms with E-state index in [9.17, 15) is 4.79 Å². The molecule has 88 valence electrons. The number of hydrogen-bond donors (Lipinski definition) is 1. The summed E-state index contributed by atoms with van der Waals surface area (Å²) in [5.41, 5.74) is 5.82. The third kappa shape index (κ3) is 2.80. The van der Waals surface area contributed by atoms with Crippen molar-refractivity contribution in [2.75, 3.05) is 6.61 Å². The Balaban J connectivity index is 1.82. The van der Waals surface area contributed by atoms with Gasteiger partial charge in [-0.05, 0) is 18.8 Å². The van der Waals surface area contributed by atoms with Crippen LogP contribution < -0.4 is 5.73 Å². The van der Waals surface area contributed by atoms with E-state index in [1.54, 1.807) is 5.38 Å². The van der Waals surface area contributed by atoms with E-state index in [1.807, 2.05) is 0 Å². The lowest BCUT2D eigenvalue weighted by Gasteiger charge is -2.08. The van der Waals surface area contributed by atoms with E-state index in [-0.39, 0.29) is 5.97 Å². The van der Waals surface area contributed by atoms with Gasteiger partial charge < -0.3 is 10.5 Å². The van der Waals surface area contributed by atoms with Crippen LogP contribution >= 0.6 is 11.3 Å². The quantitative estimate of drug-likeness (QED) is 0.817. The maximum atomic E-state index is 11.6. The molecule has 0 saturated heterocycles. The Labute approximate surface area is 98.8 Å². The van der Waals surface area contributed by atoms with Gasteiger partial charge in [-0.1, -0.05) is 12.8 Å². The van der Waals surface area contributed by atoms with Crippen LogP contribution in [0.2, 0.25) is 0 Å². The molecule has 1 aromatic heterocycles. The van der Waals surface area contributed by atoms with Crippen molar-refractivity contribution >= 4 is 17.3 Å². The molecule has 1 saturated carbocycles. The van der Waals surface area contributed by atoms with Crippen LogP contribution in [-0.4, -0.2) is 17.6 Å². The van der Waals surface area contributed by atoms with Crippen LogP contribution in [0.15, 0.2) is 5.38 Å². The minimum absolute atomic E-state index is 0.317. The van der Waals surface area contributed by atoms with Crippen molar-refractivity contribution < 1.29 is 9.53 Å². The number of carbonyl (C=O) groups is 1. The van der Waals surface area contributed by atoms with E-state index in [4.69, 9.17) is 10.5 Å². The highest BCUT2D eigenvalue weighted by atomic mass is 32.1. The molecular formula is C11H16N2O2S. The van der Waals surface area contributed by atoms with Gasteiger partial charge in [-0.15, -0.1) is 11.3 Å². The topological polar surface area (TPSA) is 65.2 Å². The van der Waals surface area contributed by atoms with E-state index in [1.165, 1.54) is 37.0 Å². The number of aromatic nitrogens is 1. The summed E-state index contributed by atoms with van der Waals surface area (Å²) < 4.78 is 5.23.